The van der Waals surface area contributed by atoms with Crippen LogP contribution in [0.2, 0.25) is 0 Å². The predicted molar refractivity (Wildman–Crippen MR) is 66.6 cm³/mol. The number of aliphatic hydroxyl groups is 1. The number of ether oxygens (including phenoxy) is 1. The molecule has 0 amide bonds. The van der Waals surface area contributed by atoms with Crippen molar-refractivity contribution in [2.45, 2.75) is 39.7 Å². The van der Waals surface area contributed by atoms with Crippen molar-refractivity contribution in [1.82, 2.24) is 0 Å². The van der Waals surface area contributed by atoms with E-state index >= 15 is 0 Å². The lowest BCUT2D eigenvalue weighted by atomic mass is 9.82. The molecule has 16 heavy (non-hydrogen) atoms. The lowest BCUT2D eigenvalue weighted by Gasteiger charge is -2.30. The van der Waals surface area contributed by atoms with Gasteiger partial charge in [-0.1, -0.05) is 32.4 Å². The monoisotopic (exact) mass is 222 g/mol. The first-order chi connectivity index (χ1) is 7.52. The average molecular weight is 222 g/mol. The van der Waals surface area contributed by atoms with E-state index in [1.54, 1.807) is 0 Å². The number of hydrogen-bond acceptors (Lipinski definition) is 2. The minimum absolute atomic E-state index is 0.241. The second kappa shape index (κ2) is 5.35. The van der Waals surface area contributed by atoms with Crippen molar-refractivity contribution < 1.29 is 9.84 Å². The van der Waals surface area contributed by atoms with E-state index in [0.29, 0.717) is 6.61 Å². The highest BCUT2D eigenvalue weighted by atomic mass is 16.5. The molecule has 1 aromatic carbocycles. The van der Waals surface area contributed by atoms with Gasteiger partial charge in [0.15, 0.2) is 0 Å². The minimum Gasteiger partial charge on any atom is -0.494 e. The number of benzene rings is 1. The van der Waals surface area contributed by atoms with E-state index < -0.39 is 5.60 Å². The molecule has 0 radical (unpaired) electrons. The molecule has 2 unspecified atom stereocenters. The molecule has 0 bridgehead atoms. The van der Waals surface area contributed by atoms with Crippen LogP contribution in [0.3, 0.4) is 0 Å². The van der Waals surface area contributed by atoms with Gasteiger partial charge >= 0.3 is 0 Å². The van der Waals surface area contributed by atoms with Gasteiger partial charge in [0.2, 0.25) is 0 Å². The third-order valence-electron chi connectivity index (χ3n) is 3.32. The molecule has 0 spiro atoms. The zero-order valence-electron chi connectivity index (χ0n) is 10.7. The number of hydrogen-bond donors (Lipinski definition) is 1. The van der Waals surface area contributed by atoms with Gasteiger partial charge in [-0.05, 0) is 37.5 Å². The van der Waals surface area contributed by atoms with Crippen LogP contribution in [0.25, 0.3) is 0 Å². The van der Waals surface area contributed by atoms with Crippen molar-refractivity contribution >= 4 is 0 Å². The molecular weight excluding hydrogens is 200 g/mol. The Labute approximate surface area is 98.3 Å². The highest BCUT2D eigenvalue weighted by Crippen LogP contribution is 2.31. The van der Waals surface area contributed by atoms with Gasteiger partial charge in [0.1, 0.15) is 5.75 Å². The van der Waals surface area contributed by atoms with Crippen molar-refractivity contribution in [2.75, 3.05) is 6.61 Å². The van der Waals surface area contributed by atoms with Crippen LogP contribution in [0.15, 0.2) is 24.3 Å². The Balaban J connectivity index is 2.88. The summed E-state index contributed by atoms with van der Waals surface area (Å²) in [5.41, 5.74) is 0.185. The maximum Gasteiger partial charge on any atom is 0.119 e. The maximum absolute atomic E-state index is 10.4. The van der Waals surface area contributed by atoms with Gasteiger partial charge in [0.25, 0.3) is 0 Å². The third-order valence-corrected chi connectivity index (χ3v) is 3.32. The van der Waals surface area contributed by atoms with E-state index in [0.717, 1.165) is 17.7 Å². The molecule has 0 aliphatic heterocycles. The smallest absolute Gasteiger partial charge is 0.119 e. The minimum atomic E-state index is -0.764. The van der Waals surface area contributed by atoms with E-state index in [9.17, 15) is 5.11 Å². The van der Waals surface area contributed by atoms with E-state index in [4.69, 9.17) is 4.74 Å². The summed E-state index contributed by atoms with van der Waals surface area (Å²) in [5.74, 6) is 1.09. The van der Waals surface area contributed by atoms with Crippen molar-refractivity contribution in [3.05, 3.63) is 29.8 Å². The maximum atomic E-state index is 10.4. The van der Waals surface area contributed by atoms with Crippen LogP contribution in [0, 0.1) is 5.92 Å². The quantitative estimate of drug-likeness (QED) is 0.828. The van der Waals surface area contributed by atoms with Crippen LogP contribution in [-0.4, -0.2) is 11.7 Å². The first-order valence-electron chi connectivity index (χ1n) is 5.98. The Bertz CT molecular complexity index is 314. The average Bonchev–Trinajstić information content (AvgIpc) is 2.29. The van der Waals surface area contributed by atoms with Gasteiger partial charge < -0.3 is 9.84 Å². The molecule has 0 aliphatic carbocycles. The Kier molecular flexibility index (Phi) is 4.36. The molecule has 0 aromatic heterocycles. The fraction of sp³-hybridized carbons (Fsp3) is 0.571. The van der Waals surface area contributed by atoms with Gasteiger partial charge in [-0.25, -0.2) is 0 Å². The van der Waals surface area contributed by atoms with Crippen LogP contribution < -0.4 is 4.74 Å². The summed E-state index contributed by atoms with van der Waals surface area (Å²) in [4.78, 5) is 0. The first-order valence-corrected chi connectivity index (χ1v) is 5.98. The summed E-state index contributed by atoms with van der Waals surface area (Å²) in [6.45, 7) is 8.66. The molecule has 2 atom stereocenters. The third kappa shape index (κ3) is 2.76. The van der Waals surface area contributed by atoms with E-state index in [1.807, 2.05) is 38.1 Å². The van der Waals surface area contributed by atoms with Gasteiger partial charge in [-0.15, -0.1) is 0 Å². The molecular formula is C14H22O2. The predicted octanol–water partition coefficient (Wildman–Crippen LogP) is 3.34. The molecule has 0 saturated heterocycles. The zero-order chi connectivity index (χ0) is 12.2. The molecule has 2 heteroatoms. The standard InChI is InChI=1S/C14H22O2/c1-5-11(3)14(4,15)12-7-9-13(10-8-12)16-6-2/h7-11,15H,5-6H2,1-4H3. The Hall–Kier alpha value is -1.02. The van der Waals surface area contributed by atoms with Gasteiger partial charge in [-0.3, -0.25) is 0 Å². The lowest BCUT2D eigenvalue weighted by Crippen LogP contribution is -2.29. The normalized spacial score (nSPS) is 16.6. The van der Waals surface area contributed by atoms with Crippen molar-refractivity contribution in [2.24, 2.45) is 5.92 Å². The zero-order valence-corrected chi connectivity index (χ0v) is 10.7. The topological polar surface area (TPSA) is 29.5 Å². The summed E-state index contributed by atoms with van der Waals surface area (Å²) in [6.07, 6.45) is 0.959. The summed E-state index contributed by atoms with van der Waals surface area (Å²) in [7, 11) is 0. The second-order valence-corrected chi connectivity index (χ2v) is 4.41. The fourth-order valence-corrected chi connectivity index (χ4v) is 1.74. The molecule has 2 nitrogen and oxygen atoms in total. The van der Waals surface area contributed by atoms with Gasteiger partial charge in [-0.2, -0.15) is 0 Å². The van der Waals surface area contributed by atoms with Crippen molar-refractivity contribution in [1.29, 1.82) is 0 Å². The lowest BCUT2D eigenvalue weighted by molar-refractivity contribution is -0.0000144. The molecule has 1 aromatic rings. The van der Waals surface area contributed by atoms with Crippen LogP contribution in [0.1, 0.15) is 39.7 Å². The van der Waals surface area contributed by atoms with Crippen LogP contribution in [0.5, 0.6) is 5.75 Å². The van der Waals surface area contributed by atoms with E-state index in [2.05, 4.69) is 13.8 Å². The van der Waals surface area contributed by atoms with Crippen molar-refractivity contribution in [3.63, 3.8) is 0 Å². The Morgan fingerprint density at radius 3 is 2.25 bits per heavy atom. The Morgan fingerprint density at radius 1 is 1.25 bits per heavy atom. The molecule has 0 fully saturated rings. The summed E-state index contributed by atoms with van der Waals surface area (Å²) < 4.78 is 5.38. The highest BCUT2D eigenvalue weighted by molar-refractivity contribution is 5.30. The van der Waals surface area contributed by atoms with E-state index in [-0.39, 0.29) is 5.92 Å². The van der Waals surface area contributed by atoms with Crippen LogP contribution in [-0.2, 0) is 5.60 Å². The van der Waals surface area contributed by atoms with E-state index in [1.165, 1.54) is 0 Å². The fourth-order valence-electron chi connectivity index (χ4n) is 1.74. The van der Waals surface area contributed by atoms with Crippen molar-refractivity contribution in [3.8, 4) is 5.75 Å². The molecule has 1 N–H and O–H groups in total. The summed E-state index contributed by atoms with van der Waals surface area (Å²) >= 11 is 0. The van der Waals surface area contributed by atoms with Gasteiger partial charge in [0.05, 0.1) is 12.2 Å². The second-order valence-electron chi connectivity index (χ2n) is 4.41. The van der Waals surface area contributed by atoms with Crippen LogP contribution >= 0.6 is 0 Å². The molecule has 90 valence electrons. The highest BCUT2D eigenvalue weighted by Gasteiger charge is 2.28. The largest absolute Gasteiger partial charge is 0.494 e. The SMILES string of the molecule is CCOc1ccc(C(C)(O)C(C)CC)cc1. The number of rotatable bonds is 5. The Morgan fingerprint density at radius 2 is 1.81 bits per heavy atom. The summed E-state index contributed by atoms with van der Waals surface area (Å²) in [6, 6.07) is 7.71. The molecule has 0 heterocycles. The van der Waals surface area contributed by atoms with Crippen LogP contribution in [0.4, 0.5) is 0 Å². The molecule has 1 rings (SSSR count). The summed E-state index contributed by atoms with van der Waals surface area (Å²) in [5, 5.41) is 10.4. The first kappa shape index (κ1) is 13.0. The molecule has 0 saturated carbocycles. The molecule has 0 aliphatic rings. The van der Waals surface area contributed by atoms with Gasteiger partial charge in [0, 0.05) is 0 Å².